The van der Waals surface area contributed by atoms with Crippen LogP contribution in [0.5, 0.6) is 17.2 Å². The van der Waals surface area contributed by atoms with Crippen molar-refractivity contribution in [3.8, 4) is 28.5 Å². The Kier molecular flexibility index (Phi) is 10.5. The number of nitrogens with zero attached hydrogens (tertiary/aromatic N) is 1. The second-order valence-electron chi connectivity index (χ2n) is 12.1. The molecule has 1 amide bonds. The predicted octanol–water partition coefficient (Wildman–Crippen LogP) is 5.45. The van der Waals surface area contributed by atoms with E-state index in [1.54, 1.807) is 0 Å². The molecule has 0 bridgehead atoms. The maximum Gasteiger partial charge on any atom is 0.424 e. The van der Waals surface area contributed by atoms with Gasteiger partial charge in [-0.2, -0.15) is 13.2 Å². The van der Waals surface area contributed by atoms with E-state index in [2.05, 4.69) is 15.6 Å². The van der Waals surface area contributed by atoms with Crippen LogP contribution in [0.15, 0.2) is 78.9 Å². The number of carbonyl (C=O) groups excluding carboxylic acids is 1. The van der Waals surface area contributed by atoms with Crippen molar-refractivity contribution in [2.75, 3.05) is 40.0 Å². The fourth-order valence-corrected chi connectivity index (χ4v) is 5.57. The fraction of sp³-hybridized carbons (Fsp3) is 0.333. The lowest BCUT2D eigenvalue weighted by atomic mass is 9.82. The van der Waals surface area contributed by atoms with Gasteiger partial charge in [0.25, 0.3) is 5.91 Å². The monoisotopic (exact) mass is 683 g/mol. The van der Waals surface area contributed by atoms with E-state index in [0.717, 1.165) is 17.7 Å². The highest BCUT2D eigenvalue weighted by molar-refractivity contribution is 5.95. The first-order valence-electron chi connectivity index (χ1n) is 15.5. The molecule has 0 aliphatic carbocycles. The molecule has 0 saturated carbocycles. The molecule has 3 aromatic carbocycles. The third kappa shape index (κ3) is 7.48. The SMILES string of the molecule is COc1cc(C(=O)NC[C@@](O)(c2cc3c(c(-c4ccc(F)cc4)n2)OC[C@]3(C)CN[C@@H](C)c2ccccc2)C(F)(F)F)ccc1OCCO. The number of ether oxygens (including phenoxy) is 3. The summed E-state index contributed by atoms with van der Waals surface area (Å²) in [5.74, 6) is -0.932. The van der Waals surface area contributed by atoms with Gasteiger partial charge in [0, 0.05) is 34.7 Å². The van der Waals surface area contributed by atoms with Crippen molar-refractivity contribution >= 4 is 5.91 Å². The lowest BCUT2D eigenvalue weighted by Crippen LogP contribution is -2.51. The molecule has 13 heteroatoms. The number of pyridine rings is 1. The highest BCUT2D eigenvalue weighted by Gasteiger charge is 2.57. The highest BCUT2D eigenvalue weighted by Crippen LogP contribution is 2.48. The number of amides is 1. The van der Waals surface area contributed by atoms with E-state index in [-0.39, 0.29) is 59.9 Å². The number of rotatable bonds is 13. The number of aliphatic hydroxyl groups excluding tert-OH is 1. The number of hydrogen-bond donors (Lipinski definition) is 4. The molecular weight excluding hydrogens is 646 g/mol. The van der Waals surface area contributed by atoms with Crippen molar-refractivity contribution in [1.29, 1.82) is 0 Å². The summed E-state index contributed by atoms with van der Waals surface area (Å²) in [5.41, 5.74) is -3.70. The quantitative estimate of drug-likeness (QED) is 0.137. The summed E-state index contributed by atoms with van der Waals surface area (Å²) in [6, 6.07) is 19.7. The summed E-state index contributed by atoms with van der Waals surface area (Å²) in [5, 5.41) is 26.1. The molecule has 0 saturated heterocycles. The van der Waals surface area contributed by atoms with E-state index in [0.29, 0.717) is 12.1 Å². The predicted molar refractivity (Wildman–Crippen MR) is 173 cm³/mol. The Hall–Kier alpha value is -4.72. The van der Waals surface area contributed by atoms with Gasteiger partial charge in [0.15, 0.2) is 11.5 Å². The van der Waals surface area contributed by atoms with Gasteiger partial charge in [0.05, 0.1) is 32.6 Å². The van der Waals surface area contributed by atoms with Crippen LogP contribution in [0.3, 0.4) is 0 Å². The zero-order valence-corrected chi connectivity index (χ0v) is 27.1. The number of halogens is 4. The third-order valence-corrected chi connectivity index (χ3v) is 8.55. The van der Waals surface area contributed by atoms with Crippen LogP contribution in [-0.2, 0) is 11.0 Å². The Balaban J connectivity index is 1.51. The number of alkyl halides is 3. The van der Waals surface area contributed by atoms with Crippen molar-refractivity contribution in [2.45, 2.75) is 37.1 Å². The molecule has 0 spiro atoms. The summed E-state index contributed by atoms with van der Waals surface area (Å²) in [6.07, 6.45) is -5.29. The number of aromatic nitrogens is 1. The van der Waals surface area contributed by atoms with Gasteiger partial charge in [-0.05, 0) is 61.0 Å². The first kappa shape index (κ1) is 35.6. The number of methoxy groups -OCH3 is 1. The number of hydrogen-bond acceptors (Lipinski definition) is 8. The van der Waals surface area contributed by atoms with Crippen LogP contribution in [0.4, 0.5) is 17.6 Å². The molecule has 0 unspecified atom stereocenters. The summed E-state index contributed by atoms with van der Waals surface area (Å²) in [6.45, 7) is 2.59. The average Bonchev–Trinajstić information content (AvgIpc) is 3.44. The zero-order valence-electron chi connectivity index (χ0n) is 27.1. The third-order valence-electron chi connectivity index (χ3n) is 8.55. The van der Waals surface area contributed by atoms with Gasteiger partial charge in [-0.25, -0.2) is 9.37 Å². The van der Waals surface area contributed by atoms with Crippen LogP contribution >= 0.6 is 0 Å². The molecule has 1 aliphatic heterocycles. The molecule has 260 valence electrons. The van der Waals surface area contributed by atoms with Gasteiger partial charge < -0.3 is 35.1 Å². The minimum absolute atomic E-state index is 0.00969. The second-order valence-corrected chi connectivity index (χ2v) is 12.1. The van der Waals surface area contributed by atoms with Crippen LogP contribution in [0.1, 0.15) is 47.1 Å². The van der Waals surface area contributed by atoms with Crippen LogP contribution in [-0.4, -0.2) is 67.3 Å². The van der Waals surface area contributed by atoms with Crippen LogP contribution < -0.4 is 24.8 Å². The molecule has 1 aromatic heterocycles. The largest absolute Gasteiger partial charge is 0.493 e. The maximum absolute atomic E-state index is 14.9. The Morgan fingerprint density at radius 1 is 1.06 bits per heavy atom. The van der Waals surface area contributed by atoms with E-state index in [1.165, 1.54) is 43.5 Å². The van der Waals surface area contributed by atoms with Crippen LogP contribution in [0.2, 0.25) is 0 Å². The molecular formula is C36H37F4N3O6. The standard InChI is InChI=1S/C36H37F4N3O6/c1-22(23-7-5-4-6-8-23)41-19-34(2)21-49-32-27(34)18-30(43-31(32)24-9-12-26(37)13-10-24)35(46,36(38,39)40)20-42-33(45)25-11-14-28(48-16-15-44)29(17-25)47-3/h4-14,17-18,22,41,44,46H,15-16,19-21H2,1-3H3,(H,42,45)/t22-,34-,35+/m0/s1. The Labute approximate surface area is 280 Å². The van der Waals surface area contributed by atoms with Crippen LogP contribution in [0, 0.1) is 5.82 Å². The Morgan fingerprint density at radius 2 is 1.78 bits per heavy atom. The Morgan fingerprint density at radius 3 is 2.43 bits per heavy atom. The minimum Gasteiger partial charge on any atom is -0.493 e. The molecule has 0 radical (unpaired) electrons. The van der Waals surface area contributed by atoms with E-state index in [9.17, 15) is 27.5 Å². The summed E-state index contributed by atoms with van der Waals surface area (Å²) in [4.78, 5) is 17.4. The molecule has 4 N–H and O–H groups in total. The average molecular weight is 684 g/mol. The highest BCUT2D eigenvalue weighted by atomic mass is 19.4. The summed E-state index contributed by atoms with van der Waals surface area (Å²) in [7, 11) is 1.32. The summed E-state index contributed by atoms with van der Waals surface area (Å²) >= 11 is 0. The first-order chi connectivity index (χ1) is 23.3. The van der Waals surface area contributed by atoms with Crippen LogP contribution in [0.25, 0.3) is 11.3 Å². The van der Waals surface area contributed by atoms with Crippen molar-refractivity contribution in [3.05, 3.63) is 107 Å². The van der Waals surface area contributed by atoms with Crippen molar-refractivity contribution < 1.29 is 46.8 Å². The van der Waals surface area contributed by atoms with E-state index >= 15 is 0 Å². The molecule has 3 atom stereocenters. The molecule has 5 rings (SSSR count). The molecule has 2 heterocycles. The number of fused-ring (bicyclic) bond motifs is 1. The normalized spacial score (nSPS) is 17.4. The topological polar surface area (TPSA) is 122 Å². The Bertz CT molecular complexity index is 1770. The zero-order chi connectivity index (χ0) is 35.4. The van der Waals surface area contributed by atoms with Gasteiger partial charge in [-0.1, -0.05) is 37.3 Å². The van der Waals surface area contributed by atoms with E-state index in [1.807, 2.05) is 44.2 Å². The lowest BCUT2D eigenvalue weighted by molar-refractivity contribution is -0.265. The summed E-state index contributed by atoms with van der Waals surface area (Å²) < 4.78 is 75.2. The fourth-order valence-electron chi connectivity index (χ4n) is 5.57. The van der Waals surface area contributed by atoms with E-state index in [4.69, 9.17) is 19.3 Å². The van der Waals surface area contributed by atoms with Crippen molar-refractivity contribution in [2.24, 2.45) is 0 Å². The molecule has 1 aliphatic rings. The maximum atomic E-state index is 14.9. The smallest absolute Gasteiger partial charge is 0.424 e. The molecule has 0 fully saturated rings. The molecule has 49 heavy (non-hydrogen) atoms. The lowest BCUT2D eigenvalue weighted by Gasteiger charge is -2.32. The first-order valence-corrected chi connectivity index (χ1v) is 15.5. The van der Waals surface area contributed by atoms with Gasteiger partial charge in [0.1, 0.15) is 23.9 Å². The number of aliphatic hydroxyl groups is 2. The number of nitrogens with one attached hydrogen (secondary N) is 2. The molecule has 9 nitrogen and oxygen atoms in total. The van der Waals surface area contributed by atoms with Gasteiger partial charge in [-0.15, -0.1) is 0 Å². The van der Waals surface area contributed by atoms with Crippen molar-refractivity contribution in [3.63, 3.8) is 0 Å². The number of benzene rings is 3. The number of carbonyl (C=O) groups is 1. The second kappa shape index (κ2) is 14.4. The minimum atomic E-state index is -5.29. The van der Waals surface area contributed by atoms with Gasteiger partial charge >= 0.3 is 6.18 Å². The van der Waals surface area contributed by atoms with E-state index < -0.39 is 41.2 Å². The van der Waals surface area contributed by atoms with Gasteiger partial charge in [-0.3, -0.25) is 4.79 Å². The van der Waals surface area contributed by atoms with Gasteiger partial charge in [0.2, 0.25) is 5.60 Å². The van der Waals surface area contributed by atoms with Crippen molar-refractivity contribution in [1.82, 2.24) is 15.6 Å². The molecule has 4 aromatic rings.